The minimum absolute atomic E-state index is 0.0159. The quantitative estimate of drug-likeness (QED) is 0.581. The monoisotopic (exact) mass is 385 g/mol. The van der Waals surface area contributed by atoms with Crippen LogP contribution in [0.5, 0.6) is 0 Å². The van der Waals surface area contributed by atoms with Gasteiger partial charge in [-0.05, 0) is 32.9 Å². The third kappa shape index (κ3) is 4.67. The van der Waals surface area contributed by atoms with Gasteiger partial charge < -0.3 is 18.8 Å². The number of morpholine rings is 1. The molecule has 1 aliphatic heterocycles. The van der Waals surface area contributed by atoms with Crippen LogP contribution in [0.1, 0.15) is 41.7 Å². The third-order valence-corrected chi connectivity index (χ3v) is 4.48. The van der Waals surface area contributed by atoms with Crippen molar-refractivity contribution in [3.05, 3.63) is 47.7 Å². The lowest BCUT2D eigenvalue weighted by Gasteiger charge is -2.35. The van der Waals surface area contributed by atoms with Crippen LogP contribution < -0.4 is 0 Å². The molecule has 0 radical (unpaired) electrons. The van der Waals surface area contributed by atoms with Crippen molar-refractivity contribution >= 4 is 17.7 Å². The maximum Gasteiger partial charge on any atom is 0.374 e. The summed E-state index contributed by atoms with van der Waals surface area (Å²) in [7, 11) is 0. The third-order valence-electron chi connectivity index (χ3n) is 4.48. The van der Waals surface area contributed by atoms with E-state index in [-0.39, 0.29) is 36.3 Å². The summed E-state index contributed by atoms with van der Waals surface area (Å²) < 4.78 is 16.2. The smallest absolute Gasteiger partial charge is 0.374 e. The number of Topliss-reactive ketones (excluding diaryl/α,β-unsaturated/α-hetero) is 1. The first-order valence-electron chi connectivity index (χ1n) is 9.15. The standard InChI is InChI=1S/C21H23NO6/c1-13-10-22(11-14(2)27-13)20(24)12-26-21(25)19-9-8-18(28-19)17-6-4-16(5-7-17)15(3)23/h4-9,13-14H,10-12H2,1-3H3. The van der Waals surface area contributed by atoms with Crippen molar-refractivity contribution < 1.29 is 28.3 Å². The van der Waals surface area contributed by atoms with Gasteiger partial charge in [-0.15, -0.1) is 0 Å². The molecule has 0 aliphatic carbocycles. The first-order chi connectivity index (χ1) is 13.3. The number of hydrogen-bond donors (Lipinski definition) is 0. The summed E-state index contributed by atoms with van der Waals surface area (Å²) in [6.45, 7) is 5.89. The average Bonchev–Trinajstić information content (AvgIpc) is 3.15. The Kier molecular flexibility index (Phi) is 5.94. The van der Waals surface area contributed by atoms with E-state index in [1.54, 1.807) is 35.2 Å². The summed E-state index contributed by atoms with van der Waals surface area (Å²) in [4.78, 5) is 37.4. The topological polar surface area (TPSA) is 86.1 Å². The molecule has 0 spiro atoms. The van der Waals surface area contributed by atoms with E-state index in [4.69, 9.17) is 13.9 Å². The molecule has 0 saturated carbocycles. The second kappa shape index (κ2) is 8.39. The first-order valence-corrected chi connectivity index (χ1v) is 9.15. The molecule has 148 valence electrons. The van der Waals surface area contributed by atoms with Gasteiger partial charge in [-0.25, -0.2) is 4.79 Å². The highest BCUT2D eigenvalue weighted by Crippen LogP contribution is 2.23. The van der Waals surface area contributed by atoms with Crippen LogP contribution in [-0.2, 0) is 14.3 Å². The maximum absolute atomic E-state index is 12.3. The number of amides is 1. The van der Waals surface area contributed by atoms with Crippen molar-refractivity contribution in [1.82, 2.24) is 4.90 Å². The van der Waals surface area contributed by atoms with Gasteiger partial charge in [0.1, 0.15) is 5.76 Å². The lowest BCUT2D eigenvalue weighted by atomic mass is 10.1. The van der Waals surface area contributed by atoms with Gasteiger partial charge in [-0.2, -0.15) is 0 Å². The summed E-state index contributed by atoms with van der Waals surface area (Å²) in [5, 5.41) is 0. The molecule has 2 aromatic rings. The molecule has 1 aromatic carbocycles. The maximum atomic E-state index is 12.3. The van der Waals surface area contributed by atoms with Crippen molar-refractivity contribution in [2.24, 2.45) is 0 Å². The minimum atomic E-state index is -0.700. The number of nitrogens with zero attached hydrogens (tertiary/aromatic N) is 1. The molecule has 7 heteroatoms. The lowest BCUT2D eigenvalue weighted by molar-refractivity contribution is -0.146. The Bertz CT molecular complexity index is 859. The molecule has 1 fully saturated rings. The summed E-state index contributed by atoms with van der Waals surface area (Å²) in [5.41, 5.74) is 1.33. The number of esters is 1. The molecule has 2 atom stereocenters. The minimum Gasteiger partial charge on any atom is -0.450 e. The van der Waals surface area contributed by atoms with Gasteiger partial charge in [0, 0.05) is 24.2 Å². The molecule has 2 heterocycles. The van der Waals surface area contributed by atoms with E-state index in [1.807, 2.05) is 13.8 Å². The molecule has 2 unspecified atom stereocenters. The second-order valence-corrected chi connectivity index (χ2v) is 6.93. The van der Waals surface area contributed by atoms with Gasteiger partial charge in [-0.1, -0.05) is 24.3 Å². The van der Waals surface area contributed by atoms with Crippen LogP contribution in [-0.4, -0.2) is 54.5 Å². The number of benzene rings is 1. The fourth-order valence-electron chi connectivity index (χ4n) is 3.14. The van der Waals surface area contributed by atoms with Crippen LogP contribution in [0.3, 0.4) is 0 Å². The van der Waals surface area contributed by atoms with Crippen molar-refractivity contribution in [2.45, 2.75) is 33.0 Å². The highest BCUT2D eigenvalue weighted by atomic mass is 16.5. The normalized spacial score (nSPS) is 19.3. The zero-order valence-electron chi connectivity index (χ0n) is 16.1. The molecule has 1 aliphatic rings. The molecule has 0 N–H and O–H groups in total. The number of carbonyl (C=O) groups is 3. The largest absolute Gasteiger partial charge is 0.450 e. The Balaban J connectivity index is 1.58. The van der Waals surface area contributed by atoms with E-state index in [2.05, 4.69) is 0 Å². The predicted molar refractivity (Wildman–Crippen MR) is 101 cm³/mol. The van der Waals surface area contributed by atoms with E-state index in [1.165, 1.54) is 13.0 Å². The fraction of sp³-hybridized carbons (Fsp3) is 0.381. The number of furan rings is 1. The van der Waals surface area contributed by atoms with Crippen LogP contribution in [0.4, 0.5) is 0 Å². The zero-order valence-corrected chi connectivity index (χ0v) is 16.1. The van der Waals surface area contributed by atoms with Crippen LogP contribution in [0.25, 0.3) is 11.3 Å². The van der Waals surface area contributed by atoms with Crippen LogP contribution in [0.15, 0.2) is 40.8 Å². The number of ketones is 1. The van der Waals surface area contributed by atoms with Crippen LogP contribution in [0.2, 0.25) is 0 Å². The average molecular weight is 385 g/mol. The Morgan fingerprint density at radius 2 is 1.68 bits per heavy atom. The van der Waals surface area contributed by atoms with Crippen molar-refractivity contribution in [3.8, 4) is 11.3 Å². The van der Waals surface area contributed by atoms with Gasteiger partial charge >= 0.3 is 5.97 Å². The van der Waals surface area contributed by atoms with E-state index in [0.717, 1.165) is 5.56 Å². The van der Waals surface area contributed by atoms with E-state index in [0.29, 0.717) is 24.4 Å². The van der Waals surface area contributed by atoms with Gasteiger partial charge in [0.15, 0.2) is 12.4 Å². The summed E-state index contributed by atoms with van der Waals surface area (Å²) in [5.74, 6) is -0.494. The predicted octanol–water partition coefficient (Wildman–Crippen LogP) is 2.94. The Hall–Kier alpha value is -2.93. The number of hydrogen-bond acceptors (Lipinski definition) is 6. The van der Waals surface area contributed by atoms with Gasteiger partial charge in [0.05, 0.1) is 12.2 Å². The zero-order chi connectivity index (χ0) is 20.3. The first kappa shape index (κ1) is 19.8. The van der Waals surface area contributed by atoms with E-state index in [9.17, 15) is 14.4 Å². The molecule has 0 bridgehead atoms. The van der Waals surface area contributed by atoms with Gasteiger partial charge in [-0.3, -0.25) is 9.59 Å². The number of carbonyl (C=O) groups excluding carboxylic acids is 3. The molecule has 1 saturated heterocycles. The van der Waals surface area contributed by atoms with E-state index < -0.39 is 5.97 Å². The lowest BCUT2D eigenvalue weighted by Crippen LogP contribution is -2.49. The number of ether oxygens (including phenoxy) is 2. The van der Waals surface area contributed by atoms with Gasteiger partial charge in [0.2, 0.25) is 5.76 Å². The second-order valence-electron chi connectivity index (χ2n) is 6.93. The Labute approximate surface area is 163 Å². The summed E-state index contributed by atoms with van der Waals surface area (Å²) in [6, 6.07) is 10.0. The van der Waals surface area contributed by atoms with Crippen molar-refractivity contribution in [1.29, 1.82) is 0 Å². The van der Waals surface area contributed by atoms with Gasteiger partial charge in [0.25, 0.3) is 5.91 Å². The molecule has 7 nitrogen and oxygen atoms in total. The fourth-order valence-corrected chi connectivity index (χ4v) is 3.14. The Morgan fingerprint density at radius 1 is 1.04 bits per heavy atom. The molecule has 1 amide bonds. The molecule has 3 rings (SSSR count). The molecule has 1 aromatic heterocycles. The van der Waals surface area contributed by atoms with E-state index >= 15 is 0 Å². The Morgan fingerprint density at radius 3 is 2.29 bits per heavy atom. The summed E-state index contributed by atoms with van der Waals surface area (Å²) in [6.07, 6.45) is -0.101. The van der Waals surface area contributed by atoms with Crippen molar-refractivity contribution in [3.63, 3.8) is 0 Å². The highest BCUT2D eigenvalue weighted by molar-refractivity contribution is 5.94. The number of rotatable bonds is 5. The van der Waals surface area contributed by atoms with Crippen LogP contribution >= 0.6 is 0 Å². The molecular formula is C21H23NO6. The highest BCUT2D eigenvalue weighted by Gasteiger charge is 2.26. The van der Waals surface area contributed by atoms with Crippen molar-refractivity contribution in [2.75, 3.05) is 19.7 Å². The summed E-state index contributed by atoms with van der Waals surface area (Å²) >= 11 is 0. The SMILES string of the molecule is CC(=O)c1ccc(-c2ccc(C(=O)OCC(=O)N3CC(C)OC(C)C3)o2)cc1. The molecular weight excluding hydrogens is 362 g/mol. The molecule has 28 heavy (non-hydrogen) atoms. The van der Waals surface area contributed by atoms with Crippen LogP contribution in [0, 0.1) is 0 Å².